The molecule has 0 atom stereocenters. The molecule has 3 N–H and O–H groups in total. The minimum atomic E-state index is 0.170. The number of nitrogens with two attached hydrogens (primary N) is 1. The van der Waals surface area contributed by atoms with Crippen LogP contribution in [0.1, 0.15) is 30.6 Å². The minimum Gasteiger partial charge on any atom is -0.351 e. The summed E-state index contributed by atoms with van der Waals surface area (Å²) in [7, 11) is 0. The fraction of sp³-hybridized carbons (Fsp3) is 0.615. The third-order valence-corrected chi connectivity index (χ3v) is 4.85. The van der Waals surface area contributed by atoms with Crippen LogP contribution in [0, 0.1) is 11.8 Å². The highest BCUT2D eigenvalue weighted by atomic mass is 35.5. The van der Waals surface area contributed by atoms with Crippen LogP contribution in [0.3, 0.4) is 0 Å². The van der Waals surface area contributed by atoms with Crippen LogP contribution in [0.2, 0.25) is 4.34 Å². The van der Waals surface area contributed by atoms with E-state index in [-0.39, 0.29) is 11.8 Å². The lowest BCUT2D eigenvalue weighted by molar-refractivity contribution is -0.126. The van der Waals surface area contributed by atoms with Crippen molar-refractivity contribution in [1.29, 1.82) is 0 Å². The average molecular weight is 287 g/mol. The van der Waals surface area contributed by atoms with E-state index in [1.165, 1.54) is 11.3 Å². The van der Waals surface area contributed by atoms with Gasteiger partial charge in [0, 0.05) is 10.8 Å². The zero-order valence-electron chi connectivity index (χ0n) is 10.3. The molecule has 0 saturated heterocycles. The van der Waals surface area contributed by atoms with Crippen LogP contribution in [0.5, 0.6) is 0 Å². The Morgan fingerprint density at radius 1 is 1.39 bits per heavy atom. The van der Waals surface area contributed by atoms with Gasteiger partial charge in [-0.3, -0.25) is 4.79 Å². The molecule has 0 bridgehead atoms. The fourth-order valence-corrected chi connectivity index (χ4v) is 3.45. The van der Waals surface area contributed by atoms with Crippen LogP contribution in [-0.2, 0) is 11.3 Å². The summed E-state index contributed by atoms with van der Waals surface area (Å²) in [6.45, 7) is 1.34. The highest BCUT2D eigenvalue weighted by molar-refractivity contribution is 7.16. The first-order chi connectivity index (χ1) is 8.69. The van der Waals surface area contributed by atoms with Crippen LogP contribution in [0.25, 0.3) is 0 Å². The van der Waals surface area contributed by atoms with Gasteiger partial charge in [0.05, 0.1) is 10.9 Å². The van der Waals surface area contributed by atoms with Crippen molar-refractivity contribution >= 4 is 28.8 Å². The van der Waals surface area contributed by atoms with E-state index in [0.29, 0.717) is 12.5 Å². The Balaban J connectivity index is 1.75. The molecular weight excluding hydrogens is 268 g/mol. The van der Waals surface area contributed by atoms with Gasteiger partial charge >= 0.3 is 0 Å². The van der Waals surface area contributed by atoms with Gasteiger partial charge in [0.1, 0.15) is 0 Å². The van der Waals surface area contributed by atoms with Crippen LogP contribution in [-0.4, -0.2) is 12.5 Å². The van der Waals surface area contributed by atoms with Crippen molar-refractivity contribution in [2.45, 2.75) is 32.2 Å². The number of rotatable bonds is 4. The summed E-state index contributed by atoms with van der Waals surface area (Å²) in [6, 6.07) is 3.82. The fourth-order valence-electron chi connectivity index (χ4n) is 2.43. The summed E-state index contributed by atoms with van der Waals surface area (Å²) in [5.74, 6) is 0.961. The van der Waals surface area contributed by atoms with E-state index in [4.69, 9.17) is 17.3 Å². The van der Waals surface area contributed by atoms with Crippen LogP contribution < -0.4 is 11.1 Å². The zero-order valence-corrected chi connectivity index (χ0v) is 11.9. The topological polar surface area (TPSA) is 55.1 Å². The first-order valence-electron chi connectivity index (χ1n) is 6.41. The van der Waals surface area contributed by atoms with E-state index >= 15 is 0 Å². The average Bonchev–Trinajstić information content (AvgIpc) is 2.82. The predicted octanol–water partition coefficient (Wildman–Crippen LogP) is 2.78. The Kier molecular flexibility index (Phi) is 5.03. The van der Waals surface area contributed by atoms with Gasteiger partial charge in [-0.05, 0) is 50.3 Å². The Hall–Kier alpha value is -0.580. The molecule has 18 heavy (non-hydrogen) atoms. The number of hydrogen-bond acceptors (Lipinski definition) is 3. The van der Waals surface area contributed by atoms with Gasteiger partial charge in [-0.25, -0.2) is 0 Å². The maximum Gasteiger partial charge on any atom is 0.223 e. The van der Waals surface area contributed by atoms with Crippen molar-refractivity contribution in [1.82, 2.24) is 5.32 Å². The molecule has 0 radical (unpaired) electrons. The number of amides is 1. The first kappa shape index (κ1) is 13.8. The minimum absolute atomic E-state index is 0.170. The van der Waals surface area contributed by atoms with Gasteiger partial charge < -0.3 is 11.1 Å². The Bertz CT molecular complexity index is 399. The summed E-state index contributed by atoms with van der Waals surface area (Å²) in [6.07, 6.45) is 4.11. The summed E-state index contributed by atoms with van der Waals surface area (Å²) in [5, 5.41) is 3.00. The second kappa shape index (κ2) is 6.55. The second-order valence-corrected chi connectivity index (χ2v) is 6.68. The molecule has 0 unspecified atom stereocenters. The molecule has 1 aromatic heterocycles. The van der Waals surface area contributed by atoms with Crippen molar-refractivity contribution in [3.63, 3.8) is 0 Å². The zero-order chi connectivity index (χ0) is 13.0. The molecule has 1 amide bonds. The first-order valence-corrected chi connectivity index (χ1v) is 7.60. The van der Waals surface area contributed by atoms with Crippen molar-refractivity contribution in [2.75, 3.05) is 6.54 Å². The second-order valence-electron chi connectivity index (χ2n) is 4.88. The molecule has 1 saturated carbocycles. The van der Waals surface area contributed by atoms with E-state index in [9.17, 15) is 4.79 Å². The lowest BCUT2D eigenvalue weighted by atomic mass is 9.81. The molecule has 0 aliphatic heterocycles. The Morgan fingerprint density at radius 3 is 2.67 bits per heavy atom. The monoisotopic (exact) mass is 286 g/mol. The van der Waals surface area contributed by atoms with Crippen molar-refractivity contribution < 1.29 is 4.79 Å². The number of carbonyl (C=O) groups excluding carboxylic acids is 1. The lowest BCUT2D eigenvalue weighted by Gasteiger charge is -2.26. The summed E-state index contributed by atoms with van der Waals surface area (Å²) in [5.41, 5.74) is 5.65. The van der Waals surface area contributed by atoms with E-state index in [2.05, 4.69) is 5.32 Å². The van der Waals surface area contributed by atoms with Crippen molar-refractivity contribution in [3.8, 4) is 0 Å². The standard InChI is InChI=1S/C13H19ClN2OS/c14-12-6-5-11(18-12)8-16-13(17)10-3-1-9(7-15)2-4-10/h5-6,9-10H,1-4,7-8,15H2,(H,16,17). The van der Waals surface area contributed by atoms with Gasteiger partial charge in [0.2, 0.25) is 5.91 Å². The third kappa shape index (κ3) is 3.70. The number of carbonyl (C=O) groups is 1. The molecule has 1 heterocycles. The Morgan fingerprint density at radius 2 is 2.11 bits per heavy atom. The molecule has 1 aliphatic carbocycles. The van der Waals surface area contributed by atoms with Gasteiger partial charge in [-0.2, -0.15) is 0 Å². The van der Waals surface area contributed by atoms with Crippen molar-refractivity contribution in [2.24, 2.45) is 17.6 Å². The van der Waals surface area contributed by atoms with Gasteiger partial charge in [-0.1, -0.05) is 11.6 Å². The van der Waals surface area contributed by atoms with Crippen LogP contribution in [0.4, 0.5) is 0 Å². The van der Waals surface area contributed by atoms with Crippen molar-refractivity contribution in [3.05, 3.63) is 21.3 Å². The molecule has 1 aliphatic rings. The lowest BCUT2D eigenvalue weighted by Crippen LogP contribution is -2.33. The van der Waals surface area contributed by atoms with Gasteiger partial charge in [0.15, 0.2) is 0 Å². The summed E-state index contributed by atoms with van der Waals surface area (Å²) < 4.78 is 0.766. The SMILES string of the molecule is NCC1CCC(C(=O)NCc2ccc(Cl)s2)CC1. The molecule has 2 rings (SSSR count). The molecule has 1 fully saturated rings. The van der Waals surface area contributed by atoms with Gasteiger partial charge in [0.25, 0.3) is 0 Å². The Labute approximate surface area is 117 Å². The molecule has 0 aromatic carbocycles. The molecular formula is C13H19ClN2OS. The number of thiophene rings is 1. The van der Waals surface area contributed by atoms with E-state index in [1.54, 1.807) is 0 Å². The van der Waals surface area contributed by atoms with E-state index in [0.717, 1.165) is 41.4 Å². The third-order valence-electron chi connectivity index (χ3n) is 3.62. The molecule has 0 spiro atoms. The molecule has 100 valence electrons. The summed E-state index contributed by atoms with van der Waals surface area (Å²) in [4.78, 5) is 13.1. The van der Waals surface area contributed by atoms with E-state index < -0.39 is 0 Å². The normalized spacial score (nSPS) is 23.9. The number of halogens is 1. The quantitative estimate of drug-likeness (QED) is 0.894. The number of nitrogens with one attached hydrogen (secondary N) is 1. The smallest absolute Gasteiger partial charge is 0.223 e. The predicted molar refractivity (Wildman–Crippen MR) is 75.7 cm³/mol. The molecule has 5 heteroatoms. The molecule has 3 nitrogen and oxygen atoms in total. The maximum absolute atomic E-state index is 12.0. The van der Waals surface area contributed by atoms with E-state index in [1.807, 2.05) is 12.1 Å². The van der Waals surface area contributed by atoms with Crippen LogP contribution >= 0.6 is 22.9 Å². The van der Waals surface area contributed by atoms with Gasteiger partial charge in [-0.15, -0.1) is 11.3 Å². The highest BCUT2D eigenvalue weighted by Gasteiger charge is 2.25. The van der Waals surface area contributed by atoms with Crippen LogP contribution in [0.15, 0.2) is 12.1 Å². The number of hydrogen-bond donors (Lipinski definition) is 2. The largest absolute Gasteiger partial charge is 0.351 e. The summed E-state index contributed by atoms with van der Waals surface area (Å²) >= 11 is 7.36. The maximum atomic E-state index is 12.0. The highest BCUT2D eigenvalue weighted by Crippen LogP contribution is 2.28. The molecule has 1 aromatic rings.